The molecule has 1 fully saturated rings. The smallest absolute Gasteiger partial charge is 0.251 e. The van der Waals surface area contributed by atoms with Crippen molar-refractivity contribution >= 4 is 16.6 Å². The second-order valence-electron chi connectivity index (χ2n) is 7.36. The number of fused-ring (bicyclic) bond motifs is 1. The van der Waals surface area contributed by atoms with Gasteiger partial charge in [0.15, 0.2) is 0 Å². The number of methoxy groups -OCH3 is 1. The first-order chi connectivity index (χ1) is 13.7. The Hall–Kier alpha value is -2.79. The molecule has 0 saturated carbocycles. The first-order valence-electron chi connectivity index (χ1n) is 9.92. The van der Waals surface area contributed by atoms with E-state index in [1.807, 2.05) is 25.1 Å². The van der Waals surface area contributed by atoms with Crippen LogP contribution in [-0.4, -0.2) is 43.2 Å². The van der Waals surface area contributed by atoms with Gasteiger partial charge in [0.05, 0.1) is 7.11 Å². The number of ether oxygens (including phenoxy) is 1. The minimum atomic E-state index is 0.0280. The SMILES string of the molecule is CCc1cc2ccc(CN3CCN(c4ccc(OC)cc4)CC3)cc2[nH]c1=O. The third-order valence-electron chi connectivity index (χ3n) is 5.58. The topological polar surface area (TPSA) is 48.6 Å². The largest absolute Gasteiger partial charge is 0.497 e. The van der Waals surface area contributed by atoms with Crippen LogP contribution in [0.5, 0.6) is 5.75 Å². The molecule has 5 heteroatoms. The van der Waals surface area contributed by atoms with Crippen molar-refractivity contribution in [1.29, 1.82) is 0 Å². The first kappa shape index (κ1) is 18.6. The summed E-state index contributed by atoms with van der Waals surface area (Å²) < 4.78 is 5.24. The lowest BCUT2D eigenvalue weighted by molar-refractivity contribution is 0.250. The summed E-state index contributed by atoms with van der Waals surface area (Å²) in [6.07, 6.45) is 0.755. The van der Waals surface area contributed by atoms with Gasteiger partial charge in [-0.2, -0.15) is 0 Å². The quantitative estimate of drug-likeness (QED) is 0.740. The van der Waals surface area contributed by atoms with Gasteiger partial charge < -0.3 is 14.6 Å². The molecular formula is C23H27N3O2. The summed E-state index contributed by atoms with van der Waals surface area (Å²) >= 11 is 0. The van der Waals surface area contributed by atoms with E-state index in [9.17, 15) is 4.79 Å². The second kappa shape index (κ2) is 8.07. The van der Waals surface area contributed by atoms with E-state index >= 15 is 0 Å². The van der Waals surface area contributed by atoms with E-state index in [4.69, 9.17) is 4.74 Å². The molecule has 2 heterocycles. The van der Waals surface area contributed by atoms with Crippen molar-refractivity contribution in [3.05, 3.63) is 70.0 Å². The second-order valence-corrected chi connectivity index (χ2v) is 7.36. The number of piperazine rings is 1. The molecule has 0 bridgehead atoms. The Labute approximate surface area is 165 Å². The van der Waals surface area contributed by atoms with Crippen molar-refractivity contribution in [3.63, 3.8) is 0 Å². The van der Waals surface area contributed by atoms with Gasteiger partial charge in [-0.1, -0.05) is 19.1 Å². The Balaban J connectivity index is 1.40. The normalized spacial score (nSPS) is 15.1. The van der Waals surface area contributed by atoms with Crippen molar-refractivity contribution in [3.8, 4) is 5.75 Å². The number of anilines is 1. The van der Waals surface area contributed by atoms with E-state index in [0.717, 1.165) is 61.4 Å². The van der Waals surface area contributed by atoms with E-state index in [2.05, 4.69) is 45.1 Å². The zero-order valence-corrected chi connectivity index (χ0v) is 16.6. The monoisotopic (exact) mass is 377 g/mol. The fourth-order valence-corrected chi connectivity index (χ4v) is 3.87. The lowest BCUT2D eigenvalue weighted by Crippen LogP contribution is -2.45. The molecule has 1 N–H and O–H groups in total. The highest BCUT2D eigenvalue weighted by molar-refractivity contribution is 5.79. The summed E-state index contributed by atoms with van der Waals surface area (Å²) in [6.45, 7) is 6.98. The lowest BCUT2D eigenvalue weighted by atomic mass is 10.1. The predicted molar refractivity (Wildman–Crippen MR) is 114 cm³/mol. The number of pyridine rings is 1. The summed E-state index contributed by atoms with van der Waals surface area (Å²) in [5.41, 5.74) is 4.28. The number of benzene rings is 2. The molecule has 0 atom stereocenters. The molecule has 4 rings (SSSR count). The van der Waals surface area contributed by atoms with Crippen LogP contribution in [0.25, 0.3) is 10.9 Å². The highest BCUT2D eigenvalue weighted by Crippen LogP contribution is 2.21. The summed E-state index contributed by atoms with van der Waals surface area (Å²) in [5, 5.41) is 1.10. The Morgan fingerprint density at radius 2 is 1.75 bits per heavy atom. The third kappa shape index (κ3) is 3.90. The molecule has 1 aliphatic heterocycles. The molecule has 3 aromatic rings. The Morgan fingerprint density at radius 1 is 1.00 bits per heavy atom. The van der Waals surface area contributed by atoms with Gasteiger partial charge in [0.1, 0.15) is 5.75 Å². The van der Waals surface area contributed by atoms with Gasteiger partial charge in [-0.15, -0.1) is 0 Å². The molecule has 0 radical (unpaired) electrons. The van der Waals surface area contributed by atoms with Crippen LogP contribution in [0.2, 0.25) is 0 Å². The molecule has 28 heavy (non-hydrogen) atoms. The molecule has 0 spiro atoms. The van der Waals surface area contributed by atoms with E-state index in [1.165, 1.54) is 11.3 Å². The van der Waals surface area contributed by atoms with Gasteiger partial charge in [0.25, 0.3) is 5.56 Å². The number of H-pyrrole nitrogens is 1. The highest BCUT2D eigenvalue weighted by Gasteiger charge is 2.17. The van der Waals surface area contributed by atoms with E-state index < -0.39 is 0 Å². The average molecular weight is 377 g/mol. The Kier molecular flexibility index (Phi) is 5.35. The molecule has 146 valence electrons. The molecular weight excluding hydrogens is 350 g/mol. The van der Waals surface area contributed by atoms with E-state index in [1.54, 1.807) is 7.11 Å². The molecule has 5 nitrogen and oxygen atoms in total. The van der Waals surface area contributed by atoms with Crippen molar-refractivity contribution in [2.75, 3.05) is 38.2 Å². The van der Waals surface area contributed by atoms with Crippen LogP contribution < -0.4 is 15.2 Å². The summed E-state index contributed by atoms with van der Waals surface area (Å²) in [5.74, 6) is 0.891. The maximum atomic E-state index is 12.1. The Bertz CT molecular complexity index is 1000. The van der Waals surface area contributed by atoms with Crippen LogP contribution in [0, 0.1) is 0 Å². The Morgan fingerprint density at radius 3 is 2.43 bits per heavy atom. The maximum Gasteiger partial charge on any atom is 0.251 e. The van der Waals surface area contributed by atoms with Crippen LogP contribution in [0.1, 0.15) is 18.1 Å². The lowest BCUT2D eigenvalue weighted by Gasteiger charge is -2.36. The number of hydrogen-bond acceptors (Lipinski definition) is 4. The van der Waals surface area contributed by atoms with Gasteiger partial charge in [-0.25, -0.2) is 0 Å². The van der Waals surface area contributed by atoms with Crippen molar-refractivity contribution in [1.82, 2.24) is 9.88 Å². The number of rotatable bonds is 5. The third-order valence-corrected chi connectivity index (χ3v) is 5.58. The van der Waals surface area contributed by atoms with Gasteiger partial charge >= 0.3 is 0 Å². The number of nitrogens with one attached hydrogen (secondary N) is 1. The number of hydrogen-bond donors (Lipinski definition) is 1. The standard InChI is InChI=1S/C23H27N3O2/c1-3-18-15-19-5-4-17(14-22(19)24-23(18)27)16-25-10-12-26(13-11-25)20-6-8-21(28-2)9-7-20/h4-9,14-15H,3,10-13,16H2,1-2H3,(H,24,27). The van der Waals surface area contributed by atoms with Crippen molar-refractivity contribution in [2.45, 2.75) is 19.9 Å². The highest BCUT2D eigenvalue weighted by atomic mass is 16.5. The maximum absolute atomic E-state index is 12.1. The minimum absolute atomic E-state index is 0.0280. The number of aryl methyl sites for hydroxylation is 1. The van der Waals surface area contributed by atoms with Crippen LogP contribution in [0.3, 0.4) is 0 Å². The number of nitrogens with zero attached hydrogens (tertiary/aromatic N) is 2. The summed E-state index contributed by atoms with van der Waals surface area (Å²) in [7, 11) is 1.69. The molecule has 0 amide bonds. The summed E-state index contributed by atoms with van der Waals surface area (Å²) in [4.78, 5) is 20.0. The zero-order chi connectivity index (χ0) is 19.5. The van der Waals surface area contributed by atoms with Gasteiger partial charge in [-0.05, 0) is 53.8 Å². The van der Waals surface area contributed by atoms with E-state index in [0.29, 0.717) is 0 Å². The number of aromatic amines is 1. The molecule has 2 aromatic carbocycles. The van der Waals surface area contributed by atoms with Gasteiger partial charge in [0.2, 0.25) is 0 Å². The minimum Gasteiger partial charge on any atom is -0.497 e. The van der Waals surface area contributed by atoms with Crippen LogP contribution in [0.4, 0.5) is 5.69 Å². The van der Waals surface area contributed by atoms with Crippen molar-refractivity contribution < 1.29 is 4.74 Å². The molecule has 1 aromatic heterocycles. The van der Waals surface area contributed by atoms with Gasteiger partial charge in [-0.3, -0.25) is 9.69 Å². The fraction of sp³-hybridized carbons (Fsp3) is 0.348. The first-order valence-corrected chi connectivity index (χ1v) is 9.92. The molecule has 0 aliphatic carbocycles. The van der Waals surface area contributed by atoms with Crippen LogP contribution in [-0.2, 0) is 13.0 Å². The van der Waals surface area contributed by atoms with Crippen LogP contribution >= 0.6 is 0 Å². The molecule has 0 unspecified atom stereocenters. The summed E-state index contributed by atoms with van der Waals surface area (Å²) in [6, 6.07) is 16.7. The number of aromatic nitrogens is 1. The fourth-order valence-electron chi connectivity index (χ4n) is 3.87. The average Bonchev–Trinajstić information content (AvgIpc) is 2.74. The van der Waals surface area contributed by atoms with Gasteiger partial charge in [0, 0.05) is 49.5 Å². The molecule has 1 aliphatic rings. The molecule has 1 saturated heterocycles. The van der Waals surface area contributed by atoms with Crippen molar-refractivity contribution in [2.24, 2.45) is 0 Å². The van der Waals surface area contributed by atoms with E-state index in [-0.39, 0.29) is 5.56 Å². The zero-order valence-electron chi connectivity index (χ0n) is 16.6. The van der Waals surface area contributed by atoms with Crippen LogP contribution in [0.15, 0.2) is 53.3 Å². The predicted octanol–water partition coefficient (Wildman–Crippen LogP) is 3.42.